The molecule has 1 N–H and O–H groups in total. The van der Waals surface area contributed by atoms with Gasteiger partial charge in [-0.1, -0.05) is 25.0 Å². The van der Waals surface area contributed by atoms with Crippen LogP contribution in [0.1, 0.15) is 51.4 Å². The van der Waals surface area contributed by atoms with E-state index in [9.17, 15) is 4.79 Å². The lowest BCUT2D eigenvalue weighted by molar-refractivity contribution is -0.169. The number of rotatable bonds is 14. The van der Waals surface area contributed by atoms with E-state index in [4.69, 9.17) is 19.2 Å². The van der Waals surface area contributed by atoms with Gasteiger partial charge < -0.3 is 28.8 Å². The molecule has 47 heavy (non-hydrogen) atoms. The predicted molar refractivity (Wildman–Crippen MR) is 182 cm³/mol. The molecule has 0 aliphatic carbocycles. The summed E-state index contributed by atoms with van der Waals surface area (Å²) in [6.45, 7) is 5.05. The molecule has 2 aliphatic rings. The standard InChI is InChI=1S/C36H43N7O4/c44-31(26-47-34-8-4-6-20-46-34)7-3-1-2-5-16-43-33-23-27(9-10-28(33)24-38-43)32-25-42-17-15-37-36(42)35(40-32)39-29-11-13-30(14-12-29)41-18-21-45-22-19-41/h9-15,17,23-25,34H,1-8,16,18-22,26H2,(H,39,40). The number of anilines is 3. The van der Waals surface area contributed by atoms with Crippen LogP contribution in [-0.2, 0) is 25.5 Å². The number of unbranched alkanes of at least 4 members (excludes halogenated alkanes) is 3. The maximum absolute atomic E-state index is 12.2. The molecule has 0 radical (unpaired) electrons. The second-order valence-corrected chi connectivity index (χ2v) is 12.4. The fourth-order valence-corrected chi connectivity index (χ4v) is 6.31. The molecule has 1 unspecified atom stereocenters. The number of imidazole rings is 1. The van der Waals surface area contributed by atoms with Gasteiger partial charge in [0.25, 0.3) is 0 Å². The zero-order chi connectivity index (χ0) is 31.8. The number of benzene rings is 2. The molecule has 0 saturated carbocycles. The molecule has 11 nitrogen and oxygen atoms in total. The van der Waals surface area contributed by atoms with Crippen molar-refractivity contribution in [3.63, 3.8) is 0 Å². The van der Waals surface area contributed by atoms with E-state index >= 15 is 0 Å². The largest absolute Gasteiger partial charge is 0.378 e. The van der Waals surface area contributed by atoms with E-state index in [1.54, 1.807) is 6.20 Å². The van der Waals surface area contributed by atoms with E-state index in [-0.39, 0.29) is 18.7 Å². The zero-order valence-electron chi connectivity index (χ0n) is 26.9. The molecule has 0 bridgehead atoms. The Labute approximate surface area is 274 Å². The molecule has 0 amide bonds. The number of ketones is 1. The molecule has 246 valence electrons. The van der Waals surface area contributed by atoms with Gasteiger partial charge >= 0.3 is 0 Å². The topological polar surface area (TPSA) is 108 Å². The quantitative estimate of drug-likeness (QED) is 0.139. The lowest BCUT2D eigenvalue weighted by Gasteiger charge is -2.28. The van der Waals surface area contributed by atoms with E-state index in [1.165, 1.54) is 5.69 Å². The predicted octanol–water partition coefficient (Wildman–Crippen LogP) is 6.39. The SMILES string of the molecule is O=C(CCCCCCn1ncc2ccc(-c3cn4ccnc4c(Nc4ccc(N5CCOCC5)cc4)n3)cc21)COC1CCCCO1. The van der Waals surface area contributed by atoms with Crippen molar-refractivity contribution in [2.24, 2.45) is 0 Å². The normalized spacial score (nSPS) is 17.0. The third-order valence-corrected chi connectivity index (χ3v) is 8.96. The van der Waals surface area contributed by atoms with Crippen LogP contribution in [0.3, 0.4) is 0 Å². The summed E-state index contributed by atoms with van der Waals surface area (Å²) in [5.74, 6) is 0.861. The number of carbonyl (C=O) groups excluding carboxylic acids is 1. The van der Waals surface area contributed by atoms with Gasteiger partial charge in [0, 0.05) is 73.6 Å². The summed E-state index contributed by atoms with van der Waals surface area (Å²) in [5, 5.41) is 9.28. The first-order chi connectivity index (χ1) is 23.2. The first-order valence-electron chi connectivity index (χ1n) is 16.9. The van der Waals surface area contributed by atoms with E-state index in [1.807, 2.05) is 23.0 Å². The minimum atomic E-state index is -0.204. The van der Waals surface area contributed by atoms with E-state index < -0.39 is 0 Å². The van der Waals surface area contributed by atoms with Crippen molar-refractivity contribution in [1.29, 1.82) is 0 Å². The van der Waals surface area contributed by atoms with Gasteiger partial charge in [-0.05, 0) is 62.4 Å². The van der Waals surface area contributed by atoms with Crippen LogP contribution in [0.5, 0.6) is 0 Å². The Morgan fingerprint density at radius 2 is 1.87 bits per heavy atom. The van der Waals surface area contributed by atoms with Crippen LogP contribution in [0.15, 0.2) is 67.3 Å². The zero-order valence-corrected chi connectivity index (χ0v) is 26.9. The van der Waals surface area contributed by atoms with E-state index in [0.29, 0.717) is 12.2 Å². The molecular weight excluding hydrogens is 594 g/mol. The molecule has 2 fully saturated rings. The van der Waals surface area contributed by atoms with E-state index in [0.717, 1.165) is 118 Å². The monoisotopic (exact) mass is 637 g/mol. The minimum absolute atomic E-state index is 0.160. The molecular formula is C36H43N7O4. The molecule has 7 rings (SSSR count). The Bertz CT molecular complexity index is 1770. The second kappa shape index (κ2) is 15.1. The average Bonchev–Trinajstić information content (AvgIpc) is 3.77. The third-order valence-electron chi connectivity index (χ3n) is 8.96. The number of ether oxygens (including phenoxy) is 3. The summed E-state index contributed by atoms with van der Waals surface area (Å²) < 4.78 is 20.8. The maximum Gasteiger partial charge on any atom is 0.180 e. The fourth-order valence-electron chi connectivity index (χ4n) is 6.31. The van der Waals surface area contributed by atoms with Crippen LogP contribution < -0.4 is 10.2 Å². The van der Waals surface area contributed by atoms with Crippen molar-refractivity contribution < 1.29 is 19.0 Å². The van der Waals surface area contributed by atoms with Crippen LogP contribution in [0, 0.1) is 0 Å². The smallest absolute Gasteiger partial charge is 0.180 e. The second-order valence-electron chi connectivity index (χ2n) is 12.4. The molecule has 5 heterocycles. The van der Waals surface area contributed by atoms with Gasteiger partial charge in [-0.25, -0.2) is 9.97 Å². The number of Topliss-reactive ketones (excluding diaryl/α,β-unsaturated/α-hetero) is 1. The highest BCUT2D eigenvalue weighted by atomic mass is 16.7. The van der Waals surface area contributed by atoms with Gasteiger partial charge in [0.1, 0.15) is 6.61 Å². The molecule has 1 atom stereocenters. The lowest BCUT2D eigenvalue weighted by Crippen LogP contribution is -2.36. The summed E-state index contributed by atoms with van der Waals surface area (Å²) in [7, 11) is 0. The van der Waals surface area contributed by atoms with Gasteiger partial charge in [0.2, 0.25) is 0 Å². The fraction of sp³-hybridized carbons (Fsp3) is 0.444. The number of carbonyl (C=O) groups is 1. The average molecular weight is 638 g/mol. The van der Waals surface area contributed by atoms with Gasteiger partial charge in [-0.3, -0.25) is 9.48 Å². The van der Waals surface area contributed by atoms with Crippen molar-refractivity contribution in [3.05, 3.63) is 67.3 Å². The summed E-state index contributed by atoms with van der Waals surface area (Å²) >= 11 is 0. The number of hydrogen-bond acceptors (Lipinski definition) is 9. The number of nitrogens with zero attached hydrogens (tertiary/aromatic N) is 6. The highest BCUT2D eigenvalue weighted by Crippen LogP contribution is 2.28. The Morgan fingerprint density at radius 3 is 2.72 bits per heavy atom. The van der Waals surface area contributed by atoms with Crippen LogP contribution in [0.4, 0.5) is 17.2 Å². The number of fused-ring (bicyclic) bond motifs is 2. The summed E-state index contributed by atoms with van der Waals surface area (Å²) in [5.41, 5.74) is 5.86. The third kappa shape index (κ3) is 7.81. The van der Waals surface area contributed by atoms with Crippen molar-refractivity contribution >= 4 is 39.5 Å². The number of aromatic nitrogens is 5. The number of nitrogens with one attached hydrogen (secondary N) is 1. The number of morpholine rings is 1. The van der Waals surface area contributed by atoms with E-state index in [2.05, 4.69) is 67.4 Å². The highest BCUT2D eigenvalue weighted by molar-refractivity contribution is 5.84. The first-order valence-corrected chi connectivity index (χ1v) is 16.9. The summed E-state index contributed by atoms with van der Waals surface area (Å²) in [4.78, 5) is 24.2. The van der Waals surface area contributed by atoms with Crippen LogP contribution in [-0.4, -0.2) is 75.7 Å². The van der Waals surface area contributed by atoms with Crippen LogP contribution >= 0.6 is 0 Å². The van der Waals surface area contributed by atoms with Crippen molar-refractivity contribution in [2.75, 3.05) is 49.7 Å². The highest BCUT2D eigenvalue weighted by Gasteiger charge is 2.16. The van der Waals surface area contributed by atoms with Crippen LogP contribution in [0.25, 0.3) is 27.8 Å². The lowest BCUT2D eigenvalue weighted by atomic mass is 10.1. The Kier molecular flexibility index (Phi) is 10.0. The Balaban J connectivity index is 0.962. The summed E-state index contributed by atoms with van der Waals surface area (Å²) in [6, 6.07) is 14.8. The van der Waals surface area contributed by atoms with Gasteiger partial charge in [-0.15, -0.1) is 0 Å². The number of aryl methyl sites for hydroxylation is 1. The van der Waals surface area contributed by atoms with Crippen molar-refractivity contribution in [2.45, 2.75) is 64.2 Å². The van der Waals surface area contributed by atoms with Gasteiger partial charge in [0.05, 0.1) is 30.6 Å². The first kappa shape index (κ1) is 31.3. The van der Waals surface area contributed by atoms with Crippen molar-refractivity contribution in [3.8, 4) is 11.3 Å². The molecule has 3 aromatic heterocycles. The van der Waals surface area contributed by atoms with Gasteiger partial charge in [0.15, 0.2) is 23.5 Å². The molecule has 11 heteroatoms. The molecule has 2 aliphatic heterocycles. The molecule has 2 aromatic carbocycles. The Hall–Kier alpha value is -4.32. The summed E-state index contributed by atoms with van der Waals surface area (Å²) in [6.07, 6.45) is 15.0. The molecule has 2 saturated heterocycles. The maximum atomic E-state index is 12.2. The van der Waals surface area contributed by atoms with Crippen LogP contribution in [0.2, 0.25) is 0 Å². The molecule has 5 aromatic rings. The number of hydrogen-bond donors (Lipinski definition) is 1. The van der Waals surface area contributed by atoms with Gasteiger partial charge in [-0.2, -0.15) is 5.10 Å². The minimum Gasteiger partial charge on any atom is -0.378 e. The molecule has 0 spiro atoms. The van der Waals surface area contributed by atoms with Crippen molar-refractivity contribution in [1.82, 2.24) is 24.1 Å². The Morgan fingerprint density at radius 1 is 1.00 bits per heavy atom.